The van der Waals surface area contributed by atoms with Gasteiger partial charge in [0.05, 0.1) is 6.61 Å². The zero-order valence-electron chi connectivity index (χ0n) is 10.4. The molecule has 2 rings (SSSR count). The Morgan fingerprint density at radius 1 is 1.53 bits per heavy atom. The highest BCUT2D eigenvalue weighted by atomic mass is 16.5. The Balaban J connectivity index is 2.00. The van der Waals surface area contributed by atoms with E-state index in [9.17, 15) is 4.79 Å². The number of anilines is 1. The lowest BCUT2D eigenvalue weighted by Crippen LogP contribution is -2.24. The zero-order valence-corrected chi connectivity index (χ0v) is 10.4. The second-order valence-electron chi connectivity index (χ2n) is 3.62. The van der Waals surface area contributed by atoms with Gasteiger partial charge < -0.3 is 14.9 Å². The predicted molar refractivity (Wildman–Crippen MR) is 70.8 cm³/mol. The summed E-state index contributed by atoms with van der Waals surface area (Å²) >= 11 is 0. The normalized spacial score (nSPS) is 11.5. The highest BCUT2D eigenvalue weighted by Crippen LogP contribution is 2.17. The Morgan fingerprint density at radius 2 is 2.32 bits per heavy atom. The largest absolute Gasteiger partial charge is 0.465 e. The minimum atomic E-state index is -0.440. The van der Waals surface area contributed by atoms with Crippen LogP contribution < -0.4 is 11.1 Å². The first-order chi connectivity index (χ1) is 9.19. The lowest BCUT2D eigenvalue weighted by atomic mass is 10.3. The van der Waals surface area contributed by atoms with Crippen LogP contribution in [0.1, 0.15) is 6.92 Å². The molecule has 1 heterocycles. The number of nitrogens with two attached hydrogens (primary N) is 1. The number of carbonyl (C=O) groups is 1. The Labute approximate surface area is 109 Å². The van der Waals surface area contributed by atoms with Crippen molar-refractivity contribution >= 4 is 29.0 Å². The molecule has 0 unspecified atom stereocenters. The van der Waals surface area contributed by atoms with E-state index in [1.54, 1.807) is 13.0 Å². The van der Waals surface area contributed by atoms with Gasteiger partial charge in [0.25, 0.3) is 0 Å². The highest BCUT2D eigenvalue weighted by molar-refractivity contribution is 5.92. The van der Waals surface area contributed by atoms with Crippen molar-refractivity contribution in [3.63, 3.8) is 0 Å². The van der Waals surface area contributed by atoms with E-state index in [0.29, 0.717) is 17.7 Å². The number of fused-ring (bicyclic) bond motifs is 1. The van der Waals surface area contributed by atoms with Crippen LogP contribution in [0.5, 0.6) is 0 Å². The van der Waals surface area contributed by atoms with Crippen molar-refractivity contribution in [1.29, 1.82) is 0 Å². The molecule has 0 aliphatic carbocycles. The van der Waals surface area contributed by atoms with Gasteiger partial charge in [-0.05, 0) is 19.1 Å². The van der Waals surface area contributed by atoms with Crippen LogP contribution >= 0.6 is 0 Å². The molecule has 0 saturated heterocycles. The van der Waals surface area contributed by atoms with Gasteiger partial charge in [-0.2, -0.15) is 4.98 Å². The molecule has 7 heteroatoms. The van der Waals surface area contributed by atoms with Gasteiger partial charge in [0.2, 0.25) is 0 Å². The number of aliphatic imine (C=N–C) groups is 1. The van der Waals surface area contributed by atoms with Crippen LogP contribution in [0.4, 0.5) is 6.01 Å². The molecular weight excluding hydrogens is 248 g/mol. The summed E-state index contributed by atoms with van der Waals surface area (Å²) in [5, 5.41) is 2.67. The zero-order chi connectivity index (χ0) is 13.7. The smallest absolute Gasteiger partial charge is 0.327 e. The number of aromatic nitrogens is 1. The van der Waals surface area contributed by atoms with E-state index in [1.165, 1.54) is 0 Å². The van der Waals surface area contributed by atoms with E-state index in [4.69, 9.17) is 14.9 Å². The van der Waals surface area contributed by atoms with Crippen LogP contribution in [0.25, 0.3) is 11.1 Å². The fourth-order valence-corrected chi connectivity index (χ4v) is 1.43. The van der Waals surface area contributed by atoms with Crippen LogP contribution in [0.15, 0.2) is 33.7 Å². The minimum Gasteiger partial charge on any atom is -0.465 e. The second-order valence-corrected chi connectivity index (χ2v) is 3.62. The summed E-state index contributed by atoms with van der Waals surface area (Å²) in [5.74, 6) is -0.399. The van der Waals surface area contributed by atoms with Crippen molar-refractivity contribution < 1.29 is 13.9 Å². The number of rotatable bonds is 4. The number of carbonyl (C=O) groups excluding carboxylic acids is 1. The summed E-state index contributed by atoms with van der Waals surface area (Å²) in [6, 6.07) is 7.53. The molecule has 0 bridgehead atoms. The maximum Gasteiger partial charge on any atom is 0.327 e. The van der Waals surface area contributed by atoms with Crippen LogP contribution in [-0.4, -0.2) is 30.1 Å². The molecule has 0 amide bonds. The summed E-state index contributed by atoms with van der Waals surface area (Å²) in [6.45, 7) is 1.89. The first-order valence-electron chi connectivity index (χ1n) is 5.77. The number of para-hydroxylation sites is 2. The fourth-order valence-electron chi connectivity index (χ4n) is 1.43. The molecule has 3 N–H and O–H groups in total. The Hall–Kier alpha value is -2.57. The molecule has 2 aromatic rings. The number of benzene rings is 1. The number of ether oxygens (including phenoxy) is 1. The topological polar surface area (TPSA) is 103 Å². The van der Waals surface area contributed by atoms with E-state index >= 15 is 0 Å². The van der Waals surface area contributed by atoms with E-state index in [2.05, 4.69) is 15.3 Å². The first kappa shape index (κ1) is 12.9. The van der Waals surface area contributed by atoms with Gasteiger partial charge in [0.1, 0.15) is 12.1 Å². The molecule has 0 aliphatic rings. The van der Waals surface area contributed by atoms with Crippen molar-refractivity contribution in [2.75, 3.05) is 18.5 Å². The summed E-state index contributed by atoms with van der Waals surface area (Å²) in [5.41, 5.74) is 6.96. The molecule has 0 aliphatic heterocycles. The lowest BCUT2D eigenvalue weighted by molar-refractivity contribution is -0.141. The average molecular weight is 262 g/mol. The van der Waals surface area contributed by atoms with Gasteiger partial charge in [-0.1, -0.05) is 12.1 Å². The number of hydrogen-bond donors (Lipinski definition) is 2. The fraction of sp³-hybridized carbons (Fsp3) is 0.250. The monoisotopic (exact) mass is 262 g/mol. The number of guanidine groups is 1. The number of nitrogens with zero attached hydrogens (tertiary/aromatic N) is 2. The van der Waals surface area contributed by atoms with Gasteiger partial charge in [-0.25, -0.2) is 4.99 Å². The summed E-state index contributed by atoms with van der Waals surface area (Å²) in [7, 11) is 0. The third-order valence-corrected chi connectivity index (χ3v) is 2.21. The molecule has 0 saturated carbocycles. The van der Waals surface area contributed by atoms with Crippen LogP contribution in [-0.2, 0) is 9.53 Å². The molecular formula is C12H14N4O3. The third-order valence-electron chi connectivity index (χ3n) is 2.21. The predicted octanol–water partition coefficient (Wildman–Crippen LogP) is 1.12. The molecule has 1 aromatic carbocycles. The number of hydrogen-bond acceptors (Lipinski definition) is 5. The standard InChI is InChI=1S/C12H14N4O3/c1-2-18-10(17)7-14-11(13)16-12-15-8-5-3-4-6-9(8)19-12/h3-6H,2,7H2,1H3,(H3,13,14,15,16). The second kappa shape index (κ2) is 5.85. The van der Waals surface area contributed by atoms with Crippen LogP contribution in [0, 0.1) is 0 Å². The van der Waals surface area contributed by atoms with Crippen LogP contribution in [0.3, 0.4) is 0 Å². The third kappa shape index (κ3) is 3.44. The maximum absolute atomic E-state index is 11.1. The summed E-state index contributed by atoms with van der Waals surface area (Å²) in [4.78, 5) is 19.1. The summed E-state index contributed by atoms with van der Waals surface area (Å²) < 4.78 is 10.1. The van der Waals surface area contributed by atoms with Gasteiger partial charge in [-0.3, -0.25) is 10.1 Å². The van der Waals surface area contributed by atoms with Crippen molar-refractivity contribution in [3.8, 4) is 0 Å². The molecule has 0 atom stereocenters. The molecule has 1 aromatic heterocycles. The first-order valence-corrected chi connectivity index (χ1v) is 5.77. The molecule has 19 heavy (non-hydrogen) atoms. The van der Waals surface area contributed by atoms with E-state index in [-0.39, 0.29) is 18.5 Å². The van der Waals surface area contributed by atoms with Crippen molar-refractivity contribution in [2.24, 2.45) is 10.7 Å². The van der Waals surface area contributed by atoms with Crippen molar-refractivity contribution in [2.45, 2.75) is 6.92 Å². The number of oxazole rings is 1. The van der Waals surface area contributed by atoms with E-state index in [0.717, 1.165) is 0 Å². The highest BCUT2D eigenvalue weighted by Gasteiger charge is 2.06. The van der Waals surface area contributed by atoms with Gasteiger partial charge >= 0.3 is 12.0 Å². The molecule has 100 valence electrons. The Bertz CT molecular complexity index is 573. The number of esters is 1. The summed E-state index contributed by atoms with van der Waals surface area (Å²) in [6.07, 6.45) is 0. The molecule has 7 nitrogen and oxygen atoms in total. The van der Waals surface area contributed by atoms with Crippen molar-refractivity contribution in [3.05, 3.63) is 24.3 Å². The van der Waals surface area contributed by atoms with E-state index < -0.39 is 5.97 Å². The molecule has 0 radical (unpaired) electrons. The van der Waals surface area contributed by atoms with Crippen LogP contribution in [0.2, 0.25) is 0 Å². The SMILES string of the molecule is CCOC(=O)CN=C(N)Nc1nc2ccccc2o1. The van der Waals surface area contributed by atoms with Gasteiger partial charge in [-0.15, -0.1) is 0 Å². The molecule has 0 spiro atoms. The van der Waals surface area contributed by atoms with Gasteiger partial charge in [0, 0.05) is 0 Å². The van der Waals surface area contributed by atoms with E-state index in [1.807, 2.05) is 18.2 Å². The number of nitrogens with one attached hydrogen (secondary N) is 1. The average Bonchev–Trinajstić information content (AvgIpc) is 2.78. The Morgan fingerprint density at radius 3 is 3.05 bits per heavy atom. The maximum atomic E-state index is 11.1. The minimum absolute atomic E-state index is 0.0413. The van der Waals surface area contributed by atoms with Crippen molar-refractivity contribution in [1.82, 2.24) is 4.98 Å². The van der Waals surface area contributed by atoms with Gasteiger partial charge in [0.15, 0.2) is 11.5 Å². The lowest BCUT2D eigenvalue weighted by Gasteiger charge is -2.00. The Kier molecular flexibility index (Phi) is 3.97. The quantitative estimate of drug-likeness (QED) is 0.486. The molecule has 0 fully saturated rings.